The fourth-order valence-corrected chi connectivity index (χ4v) is 2.46. The van der Waals surface area contributed by atoms with Gasteiger partial charge in [-0.1, -0.05) is 0 Å². The summed E-state index contributed by atoms with van der Waals surface area (Å²) in [5.41, 5.74) is 1.39. The van der Waals surface area contributed by atoms with Crippen LogP contribution in [0.1, 0.15) is 34.9 Å². The normalized spacial score (nSPS) is 14.9. The monoisotopic (exact) mass is 263 g/mol. The molecule has 0 aliphatic heterocycles. The van der Waals surface area contributed by atoms with E-state index >= 15 is 0 Å². The Kier molecular flexibility index (Phi) is 2.78. The van der Waals surface area contributed by atoms with Crippen molar-refractivity contribution >= 4 is 16.9 Å². The molecule has 0 saturated heterocycles. The first-order chi connectivity index (χ1) is 9.15. The van der Waals surface area contributed by atoms with E-state index in [1.807, 2.05) is 4.57 Å². The van der Waals surface area contributed by atoms with Crippen molar-refractivity contribution in [2.24, 2.45) is 0 Å². The average Bonchev–Trinajstić information content (AvgIpc) is 3.18. The van der Waals surface area contributed by atoms with E-state index < -0.39 is 11.8 Å². The van der Waals surface area contributed by atoms with Gasteiger partial charge in [0, 0.05) is 17.1 Å². The van der Waals surface area contributed by atoms with Gasteiger partial charge < -0.3 is 14.4 Å². The van der Waals surface area contributed by atoms with Crippen molar-refractivity contribution in [2.75, 3.05) is 7.11 Å². The molecule has 0 atom stereocenters. The zero-order chi connectivity index (χ0) is 13.6. The van der Waals surface area contributed by atoms with E-state index in [0.717, 1.165) is 29.4 Å². The molecule has 1 N–H and O–H groups in total. The van der Waals surface area contributed by atoms with E-state index in [9.17, 15) is 14.3 Å². The highest BCUT2D eigenvalue weighted by atomic mass is 19.1. The molecule has 1 aliphatic rings. The van der Waals surface area contributed by atoms with Crippen LogP contribution in [0.2, 0.25) is 0 Å². The third-order valence-electron chi connectivity index (χ3n) is 3.49. The predicted molar refractivity (Wildman–Crippen MR) is 67.4 cm³/mol. The van der Waals surface area contributed by atoms with Gasteiger partial charge in [0.25, 0.3) is 0 Å². The zero-order valence-corrected chi connectivity index (χ0v) is 10.5. The molecule has 0 spiro atoms. The van der Waals surface area contributed by atoms with Crippen molar-refractivity contribution in [1.82, 2.24) is 4.57 Å². The molecular formula is C14H14FNO3. The molecule has 1 fully saturated rings. The van der Waals surface area contributed by atoms with Crippen LogP contribution in [0.5, 0.6) is 0 Å². The number of benzene rings is 1. The minimum atomic E-state index is -0.691. The van der Waals surface area contributed by atoms with Crippen molar-refractivity contribution in [1.29, 1.82) is 0 Å². The molecule has 19 heavy (non-hydrogen) atoms. The first-order valence-corrected chi connectivity index (χ1v) is 6.18. The number of rotatable bonds is 3. The highest BCUT2D eigenvalue weighted by Crippen LogP contribution is 2.40. The Morgan fingerprint density at radius 1 is 1.47 bits per heavy atom. The van der Waals surface area contributed by atoms with Gasteiger partial charge in [0.1, 0.15) is 5.82 Å². The summed E-state index contributed by atoms with van der Waals surface area (Å²) < 4.78 is 20.5. The molecule has 1 heterocycles. The van der Waals surface area contributed by atoms with Crippen LogP contribution in [-0.4, -0.2) is 22.8 Å². The van der Waals surface area contributed by atoms with Gasteiger partial charge in [-0.15, -0.1) is 0 Å². The minimum Gasteiger partial charge on any atom is -0.465 e. The van der Waals surface area contributed by atoms with Crippen LogP contribution in [0.4, 0.5) is 4.39 Å². The minimum absolute atomic E-state index is 0.0764. The number of nitrogens with zero attached hydrogens (tertiary/aromatic N) is 1. The van der Waals surface area contributed by atoms with Gasteiger partial charge in [-0.2, -0.15) is 0 Å². The van der Waals surface area contributed by atoms with Gasteiger partial charge in [0.2, 0.25) is 0 Å². The summed E-state index contributed by atoms with van der Waals surface area (Å²) in [5.74, 6) is -1.28. The Balaban J connectivity index is 2.22. The molecule has 0 unspecified atom stereocenters. The second kappa shape index (κ2) is 4.35. The summed E-state index contributed by atoms with van der Waals surface area (Å²) >= 11 is 0. The molecule has 0 bridgehead atoms. The molecule has 1 saturated carbocycles. The van der Waals surface area contributed by atoms with E-state index in [0.29, 0.717) is 6.04 Å². The topological polar surface area (TPSA) is 51.5 Å². The van der Waals surface area contributed by atoms with Crippen molar-refractivity contribution in [2.45, 2.75) is 25.5 Å². The number of aliphatic hydroxyl groups excluding tert-OH is 1. The number of hydrogen-bond donors (Lipinski definition) is 1. The number of esters is 1. The molecule has 2 aromatic rings. The highest BCUT2D eigenvalue weighted by molar-refractivity contribution is 5.95. The lowest BCUT2D eigenvalue weighted by Gasteiger charge is -2.08. The summed E-state index contributed by atoms with van der Waals surface area (Å²) in [5, 5.41) is 10.1. The molecule has 1 aromatic heterocycles. The van der Waals surface area contributed by atoms with Crippen LogP contribution in [0.25, 0.3) is 10.9 Å². The number of aliphatic hydroxyl groups is 1. The van der Waals surface area contributed by atoms with E-state index in [1.165, 1.54) is 19.2 Å². The second-order valence-electron chi connectivity index (χ2n) is 4.78. The number of carbonyl (C=O) groups is 1. The summed E-state index contributed by atoms with van der Waals surface area (Å²) in [4.78, 5) is 11.5. The van der Waals surface area contributed by atoms with E-state index in [-0.39, 0.29) is 12.2 Å². The summed E-state index contributed by atoms with van der Waals surface area (Å²) in [7, 11) is 1.22. The third-order valence-corrected chi connectivity index (χ3v) is 3.49. The number of carbonyl (C=O) groups excluding carboxylic acids is 1. The molecule has 4 nitrogen and oxygen atoms in total. The van der Waals surface area contributed by atoms with Crippen LogP contribution in [-0.2, 0) is 11.3 Å². The van der Waals surface area contributed by atoms with Crippen molar-refractivity contribution in [3.05, 3.63) is 35.3 Å². The maximum Gasteiger partial charge on any atom is 0.340 e. The molecule has 100 valence electrons. The molecule has 0 amide bonds. The molecule has 3 rings (SSSR count). The lowest BCUT2D eigenvalue weighted by molar-refractivity contribution is 0.0595. The second-order valence-corrected chi connectivity index (χ2v) is 4.78. The average molecular weight is 263 g/mol. The first kappa shape index (κ1) is 12.2. The van der Waals surface area contributed by atoms with Crippen molar-refractivity contribution in [3.63, 3.8) is 0 Å². The molecule has 0 radical (unpaired) electrons. The van der Waals surface area contributed by atoms with Gasteiger partial charge in [-0.05, 0) is 31.0 Å². The summed E-state index contributed by atoms with van der Waals surface area (Å²) in [6.45, 7) is -0.0969. The van der Waals surface area contributed by atoms with Gasteiger partial charge in [-0.3, -0.25) is 0 Å². The number of methoxy groups -OCH3 is 1. The quantitative estimate of drug-likeness (QED) is 0.865. The van der Waals surface area contributed by atoms with Crippen LogP contribution in [0.15, 0.2) is 18.2 Å². The summed E-state index contributed by atoms with van der Waals surface area (Å²) in [6, 6.07) is 4.95. The Labute approximate surface area is 109 Å². The molecular weight excluding hydrogens is 249 g/mol. The SMILES string of the molecule is COC(=O)c1cc2cc(CO)n(C3CC3)c2cc1F. The van der Waals surface area contributed by atoms with Gasteiger partial charge in [-0.25, -0.2) is 9.18 Å². The number of hydrogen-bond acceptors (Lipinski definition) is 3. The van der Waals surface area contributed by atoms with Gasteiger partial charge in [0.15, 0.2) is 0 Å². The highest BCUT2D eigenvalue weighted by Gasteiger charge is 2.28. The fourth-order valence-electron chi connectivity index (χ4n) is 2.46. The molecule has 1 aromatic carbocycles. The lowest BCUT2D eigenvalue weighted by atomic mass is 10.1. The van der Waals surface area contributed by atoms with E-state index in [1.54, 1.807) is 6.07 Å². The van der Waals surface area contributed by atoms with Crippen LogP contribution >= 0.6 is 0 Å². The standard InChI is InChI=1S/C14H14FNO3/c1-19-14(18)11-5-8-4-10(7-17)16(9-2-3-9)13(8)6-12(11)15/h4-6,9,17H,2-3,7H2,1H3. The fraction of sp³-hybridized carbons (Fsp3) is 0.357. The first-order valence-electron chi connectivity index (χ1n) is 6.18. The van der Waals surface area contributed by atoms with E-state index in [2.05, 4.69) is 4.74 Å². The molecule has 1 aliphatic carbocycles. The van der Waals surface area contributed by atoms with Crippen LogP contribution in [0, 0.1) is 5.82 Å². The zero-order valence-electron chi connectivity index (χ0n) is 10.5. The van der Waals surface area contributed by atoms with Gasteiger partial charge >= 0.3 is 5.97 Å². The molecule has 5 heteroatoms. The number of halogens is 1. The smallest absolute Gasteiger partial charge is 0.340 e. The Hall–Kier alpha value is -1.88. The van der Waals surface area contributed by atoms with E-state index in [4.69, 9.17) is 0 Å². The third kappa shape index (κ3) is 1.90. The van der Waals surface area contributed by atoms with Crippen molar-refractivity contribution in [3.8, 4) is 0 Å². The number of fused-ring (bicyclic) bond motifs is 1. The number of ether oxygens (including phenoxy) is 1. The van der Waals surface area contributed by atoms with Gasteiger partial charge in [0.05, 0.1) is 24.8 Å². The largest absolute Gasteiger partial charge is 0.465 e. The predicted octanol–water partition coefficient (Wildman–Crippen LogP) is 2.39. The van der Waals surface area contributed by atoms with Crippen LogP contribution in [0.3, 0.4) is 0 Å². The summed E-state index contributed by atoms with van der Waals surface area (Å²) in [6.07, 6.45) is 2.08. The lowest BCUT2D eigenvalue weighted by Crippen LogP contribution is -2.05. The number of aromatic nitrogens is 1. The Morgan fingerprint density at radius 2 is 2.21 bits per heavy atom. The maximum absolute atomic E-state index is 14.0. The Morgan fingerprint density at radius 3 is 2.79 bits per heavy atom. The Bertz CT molecular complexity index is 658. The van der Waals surface area contributed by atoms with Crippen molar-refractivity contribution < 1.29 is 19.0 Å². The van der Waals surface area contributed by atoms with Crippen LogP contribution < -0.4 is 0 Å². The maximum atomic E-state index is 14.0.